The molecule has 0 spiro atoms. The summed E-state index contributed by atoms with van der Waals surface area (Å²) in [5.74, 6) is 0. The predicted octanol–water partition coefficient (Wildman–Crippen LogP) is -0.0828. The molecule has 12 heteroatoms. The van der Waals surface area contributed by atoms with Crippen molar-refractivity contribution in [1.82, 2.24) is 0 Å². The number of ether oxygens (including phenoxy) is 2. The summed E-state index contributed by atoms with van der Waals surface area (Å²) >= 11 is 3.52. The Labute approximate surface area is 227 Å². The average Bonchev–Trinajstić information content (AvgIpc) is 3.51. The van der Waals surface area contributed by atoms with Crippen LogP contribution in [-0.2, 0) is 15.9 Å². The van der Waals surface area contributed by atoms with Gasteiger partial charge in [0.2, 0.25) is 0 Å². The maximum absolute atomic E-state index is 10.3. The highest BCUT2D eigenvalue weighted by molar-refractivity contribution is 7.37. The van der Waals surface area contributed by atoms with Gasteiger partial charge in [0, 0.05) is 16.7 Å². The van der Waals surface area contributed by atoms with Gasteiger partial charge in [-0.2, -0.15) is 0 Å². The Bertz CT molecular complexity index is 1130. The summed E-state index contributed by atoms with van der Waals surface area (Å²) in [5.41, 5.74) is 1.80. The van der Waals surface area contributed by atoms with E-state index >= 15 is 0 Å². The van der Waals surface area contributed by atoms with E-state index in [0.717, 1.165) is 17.5 Å². The van der Waals surface area contributed by atoms with Crippen molar-refractivity contribution in [3.05, 3.63) is 57.8 Å². The Kier molecular flexibility index (Phi) is 9.90. The summed E-state index contributed by atoms with van der Waals surface area (Å²) in [5, 5.41) is 79.3. The fourth-order valence-corrected chi connectivity index (χ4v) is 6.84. The Morgan fingerprint density at radius 3 is 2.08 bits per heavy atom. The standard InChI is InChI=1S/C19H20O5S2.C7H14O5/c20-9-14-15(21)16(22)17(23)18(24-14)11-3-1-2-10(6-11)7-13-8-12-4-5-25-19(12)26-13;1-3-5(9)7(11)6(10)4(2-8)12-3/h1-6,8,14-18,20-23H,7,9H2;3-11H,2H2,1H3/t14-,15-,16+,17-,18+;3-,4+,5-,6+,7+/m10/s1. The number of hydrogen-bond donors (Lipinski definition) is 8. The van der Waals surface area contributed by atoms with Gasteiger partial charge in [0.05, 0.1) is 23.3 Å². The van der Waals surface area contributed by atoms with Crippen LogP contribution in [0.1, 0.15) is 29.0 Å². The van der Waals surface area contributed by atoms with Crippen molar-refractivity contribution >= 4 is 32.1 Å². The first-order chi connectivity index (χ1) is 18.1. The molecule has 4 heterocycles. The number of rotatable bonds is 5. The van der Waals surface area contributed by atoms with Crippen LogP contribution in [0.25, 0.3) is 9.40 Å². The molecule has 8 N–H and O–H groups in total. The molecule has 3 aromatic rings. The highest BCUT2D eigenvalue weighted by Crippen LogP contribution is 2.34. The quantitative estimate of drug-likeness (QED) is 0.207. The van der Waals surface area contributed by atoms with E-state index in [0.29, 0.717) is 0 Å². The van der Waals surface area contributed by atoms with E-state index in [1.807, 2.05) is 24.3 Å². The molecule has 0 aliphatic carbocycles. The average molecular weight is 571 g/mol. The molecule has 10 nitrogen and oxygen atoms in total. The van der Waals surface area contributed by atoms with Crippen LogP contribution in [0, 0.1) is 0 Å². The van der Waals surface area contributed by atoms with Crippen molar-refractivity contribution in [2.24, 2.45) is 0 Å². The van der Waals surface area contributed by atoms with Crippen LogP contribution >= 0.6 is 22.7 Å². The molecule has 2 aliphatic rings. The molecule has 0 bridgehead atoms. The lowest BCUT2D eigenvalue weighted by Crippen LogP contribution is -2.57. The minimum atomic E-state index is -1.36. The van der Waals surface area contributed by atoms with Crippen LogP contribution in [0.3, 0.4) is 0 Å². The van der Waals surface area contributed by atoms with Crippen LogP contribution in [0.2, 0.25) is 0 Å². The lowest BCUT2D eigenvalue weighted by Gasteiger charge is -2.40. The Balaban J connectivity index is 0.000000236. The fourth-order valence-electron chi connectivity index (χ4n) is 4.65. The molecule has 38 heavy (non-hydrogen) atoms. The Morgan fingerprint density at radius 2 is 1.42 bits per heavy atom. The molecule has 0 amide bonds. The van der Waals surface area contributed by atoms with Gasteiger partial charge in [0.15, 0.2) is 0 Å². The zero-order chi connectivity index (χ0) is 27.6. The van der Waals surface area contributed by atoms with Crippen LogP contribution in [0.4, 0.5) is 0 Å². The summed E-state index contributed by atoms with van der Waals surface area (Å²) in [6.07, 6.45) is -9.81. The Hall–Kier alpha value is -1.52. The first kappa shape index (κ1) is 29.5. The van der Waals surface area contributed by atoms with E-state index in [4.69, 9.17) is 14.6 Å². The van der Waals surface area contributed by atoms with Gasteiger partial charge in [-0.05, 0) is 35.6 Å². The minimum absolute atomic E-state index is 0.366. The third-order valence-corrected chi connectivity index (χ3v) is 9.09. The van der Waals surface area contributed by atoms with Gasteiger partial charge in [0.1, 0.15) is 54.9 Å². The lowest BCUT2D eigenvalue weighted by atomic mass is 9.90. The van der Waals surface area contributed by atoms with E-state index in [-0.39, 0.29) is 6.61 Å². The molecular weight excluding hydrogens is 536 g/mol. The Morgan fingerprint density at radius 1 is 0.763 bits per heavy atom. The third-order valence-electron chi connectivity index (χ3n) is 6.88. The molecular formula is C26H34O10S2. The van der Waals surface area contributed by atoms with E-state index in [1.54, 1.807) is 29.6 Å². The van der Waals surface area contributed by atoms with Gasteiger partial charge >= 0.3 is 0 Å². The van der Waals surface area contributed by atoms with Crippen LogP contribution in [0.5, 0.6) is 0 Å². The topological polar surface area (TPSA) is 180 Å². The van der Waals surface area contributed by atoms with E-state index in [2.05, 4.69) is 17.5 Å². The number of benzene rings is 1. The van der Waals surface area contributed by atoms with Crippen molar-refractivity contribution in [3.63, 3.8) is 0 Å². The number of fused-ring (bicyclic) bond motifs is 1. The first-order valence-corrected chi connectivity index (χ1v) is 14.0. The van der Waals surface area contributed by atoms with Crippen molar-refractivity contribution in [2.45, 2.75) is 74.4 Å². The number of aliphatic hydroxyl groups is 8. The molecule has 2 fully saturated rings. The first-order valence-electron chi connectivity index (χ1n) is 12.3. The summed E-state index contributed by atoms with van der Waals surface area (Å²) in [6.45, 7) is 0.783. The maximum atomic E-state index is 10.3. The molecule has 0 radical (unpaired) electrons. The summed E-state index contributed by atoms with van der Waals surface area (Å²) in [6, 6.07) is 12.0. The zero-order valence-electron chi connectivity index (χ0n) is 20.6. The van der Waals surface area contributed by atoms with Crippen LogP contribution in [-0.4, -0.2) is 109 Å². The molecule has 2 aliphatic heterocycles. The van der Waals surface area contributed by atoms with Gasteiger partial charge in [-0.15, -0.1) is 22.7 Å². The zero-order valence-corrected chi connectivity index (χ0v) is 22.3. The minimum Gasteiger partial charge on any atom is -0.394 e. The lowest BCUT2D eigenvalue weighted by molar-refractivity contribution is -0.231. The number of hydrogen-bond acceptors (Lipinski definition) is 12. The van der Waals surface area contributed by atoms with E-state index in [9.17, 15) is 35.7 Å². The van der Waals surface area contributed by atoms with Gasteiger partial charge in [-0.1, -0.05) is 24.3 Å². The van der Waals surface area contributed by atoms with Crippen molar-refractivity contribution in [2.75, 3.05) is 13.2 Å². The highest BCUT2D eigenvalue weighted by atomic mass is 32.2. The van der Waals surface area contributed by atoms with Crippen molar-refractivity contribution in [3.8, 4) is 0 Å². The van der Waals surface area contributed by atoms with Gasteiger partial charge < -0.3 is 50.3 Å². The summed E-state index contributed by atoms with van der Waals surface area (Å²) in [4.78, 5) is 1.26. The molecule has 210 valence electrons. The van der Waals surface area contributed by atoms with Crippen molar-refractivity contribution in [1.29, 1.82) is 0 Å². The normalized spacial score (nSPS) is 35.6. The molecule has 10 atom stereocenters. The van der Waals surface area contributed by atoms with Crippen LogP contribution in [0.15, 0.2) is 41.8 Å². The monoisotopic (exact) mass is 570 g/mol. The fraction of sp³-hybridized carbons (Fsp3) is 0.538. The molecule has 0 unspecified atom stereocenters. The van der Waals surface area contributed by atoms with Gasteiger partial charge in [-0.3, -0.25) is 0 Å². The molecule has 2 aromatic heterocycles. The second-order valence-corrected chi connectivity index (χ2v) is 11.9. The molecule has 0 saturated carbocycles. The summed E-state index contributed by atoms with van der Waals surface area (Å²) in [7, 11) is 0. The largest absolute Gasteiger partial charge is 0.394 e. The SMILES string of the molecule is C[C@@H]1O[C@H](CO)[C@@H](O)[C@H](O)[C@H]1O.OC[C@H]1O[C@@H](c2cccc(Cc3cc4ccsc4s3)c2)[C@H](O)[C@@H](O)[C@@H]1O. The summed E-state index contributed by atoms with van der Waals surface area (Å²) < 4.78 is 12.0. The maximum Gasteiger partial charge on any atom is 0.113 e. The second kappa shape index (κ2) is 12.8. The van der Waals surface area contributed by atoms with Gasteiger partial charge in [-0.25, -0.2) is 0 Å². The third kappa shape index (κ3) is 6.28. The molecule has 2 saturated heterocycles. The smallest absolute Gasteiger partial charge is 0.113 e. The van der Waals surface area contributed by atoms with Crippen molar-refractivity contribution < 1.29 is 50.3 Å². The predicted molar refractivity (Wildman–Crippen MR) is 141 cm³/mol. The van der Waals surface area contributed by atoms with Crippen LogP contribution < -0.4 is 0 Å². The number of aliphatic hydroxyl groups excluding tert-OH is 8. The van der Waals surface area contributed by atoms with Gasteiger partial charge in [0.25, 0.3) is 0 Å². The second-order valence-electron chi connectivity index (χ2n) is 9.58. The highest BCUT2D eigenvalue weighted by Gasteiger charge is 2.44. The molecule has 5 rings (SSSR count). The van der Waals surface area contributed by atoms with E-state index in [1.165, 1.54) is 14.3 Å². The van der Waals surface area contributed by atoms with E-state index < -0.39 is 67.6 Å². The number of thiophene rings is 2. The molecule has 1 aromatic carbocycles.